The van der Waals surface area contributed by atoms with Crippen LogP contribution in [0.4, 0.5) is 26.3 Å². The smallest absolute Gasteiger partial charge is 0.416 e. The first-order valence-electron chi connectivity index (χ1n) is 8.45. The van der Waals surface area contributed by atoms with Gasteiger partial charge >= 0.3 is 18.3 Å². The molecule has 0 unspecified atom stereocenters. The van der Waals surface area contributed by atoms with Crippen molar-refractivity contribution in [3.05, 3.63) is 34.9 Å². The van der Waals surface area contributed by atoms with Gasteiger partial charge in [0.25, 0.3) is 5.91 Å². The number of alkyl halides is 6. The third kappa shape index (κ3) is 4.41. The van der Waals surface area contributed by atoms with Gasteiger partial charge in [0.2, 0.25) is 0 Å². The monoisotopic (exact) mass is 411 g/mol. The summed E-state index contributed by atoms with van der Waals surface area (Å²) in [5, 5.41) is 0. The topological polar surface area (TPSA) is 46.6 Å². The Morgan fingerprint density at radius 2 is 1.54 bits per heavy atom. The number of rotatable bonds is 3. The number of nitrogens with zero attached hydrogens (tertiary/aromatic N) is 1. The number of methoxy groups -OCH3 is 1. The van der Waals surface area contributed by atoms with Crippen LogP contribution < -0.4 is 0 Å². The normalized spacial score (nSPS) is 20.6. The molecule has 156 valence electrons. The van der Waals surface area contributed by atoms with Gasteiger partial charge in [-0.2, -0.15) is 26.3 Å². The van der Waals surface area contributed by atoms with Crippen LogP contribution in [0.1, 0.15) is 41.8 Å². The second kappa shape index (κ2) is 7.63. The van der Waals surface area contributed by atoms with Gasteiger partial charge in [0.1, 0.15) is 0 Å². The quantitative estimate of drug-likeness (QED) is 0.548. The first-order chi connectivity index (χ1) is 12.8. The molecule has 0 aliphatic carbocycles. The van der Waals surface area contributed by atoms with Crippen LogP contribution in [0.15, 0.2) is 18.2 Å². The van der Waals surface area contributed by atoms with Gasteiger partial charge in [-0.05, 0) is 30.5 Å². The average Bonchev–Trinajstić information content (AvgIpc) is 3.03. The molecular formula is C18H19F6NO3. The molecule has 2 atom stereocenters. The molecule has 1 aromatic rings. The lowest BCUT2D eigenvalue weighted by molar-refractivity contribution is -0.146. The van der Waals surface area contributed by atoms with Crippen LogP contribution in [0.25, 0.3) is 0 Å². The van der Waals surface area contributed by atoms with E-state index in [1.165, 1.54) is 7.11 Å². The molecule has 1 amide bonds. The van der Waals surface area contributed by atoms with Gasteiger partial charge in [-0.3, -0.25) is 9.59 Å². The van der Waals surface area contributed by atoms with Crippen molar-refractivity contribution in [3.63, 3.8) is 0 Å². The Labute approximate surface area is 157 Å². The Bertz CT molecular complexity index is 724. The zero-order valence-electron chi connectivity index (χ0n) is 15.3. The molecule has 2 rings (SSSR count). The maximum atomic E-state index is 13.0. The Hall–Kier alpha value is -2.26. The summed E-state index contributed by atoms with van der Waals surface area (Å²) in [6.07, 6.45) is -9.88. The summed E-state index contributed by atoms with van der Waals surface area (Å²) >= 11 is 0. The highest BCUT2D eigenvalue weighted by Gasteiger charge is 2.44. The highest BCUT2D eigenvalue weighted by atomic mass is 19.4. The number of esters is 1. The van der Waals surface area contributed by atoms with E-state index < -0.39 is 52.9 Å². The Kier molecular flexibility index (Phi) is 6.01. The van der Waals surface area contributed by atoms with Gasteiger partial charge in [-0.25, -0.2) is 0 Å². The van der Waals surface area contributed by atoms with Crippen molar-refractivity contribution < 1.29 is 40.7 Å². The molecule has 1 saturated heterocycles. The number of ether oxygens (including phenoxy) is 1. The SMILES string of the molecule is COC(=O)[C@H]1CCN(C(=O)c2cc(C(F)(F)F)cc(C(F)(F)F)c2)[C@H]1C(C)C. The summed E-state index contributed by atoms with van der Waals surface area (Å²) in [6, 6.07) is 0.0857. The zero-order chi connectivity index (χ0) is 21.4. The van der Waals surface area contributed by atoms with Gasteiger partial charge in [0.05, 0.1) is 24.2 Å². The van der Waals surface area contributed by atoms with Crippen LogP contribution in [0.2, 0.25) is 0 Å². The molecule has 4 nitrogen and oxygen atoms in total. The fourth-order valence-electron chi connectivity index (χ4n) is 3.53. The number of carbonyl (C=O) groups is 2. The fourth-order valence-corrected chi connectivity index (χ4v) is 3.53. The molecule has 0 saturated carbocycles. The number of likely N-dealkylation sites (tertiary alicyclic amines) is 1. The third-order valence-corrected chi connectivity index (χ3v) is 4.74. The maximum absolute atomic E-state index is 13.0. The van der Waals surface area contributed by atoms with Crippen molar-refractivity contribution in [3.8, 4) is 0 Å². The van der Waals surface area contributed by atoms with Crippen LogP contribution in [-0.2, 0) is 21.9 Å². The summed E-state index contributed by atoms with van der Waals surface area (Å²) in [5.74, 6) is -2.51. The largest absolute Gasteiger partial charge is 0.469 e. The van der Waals surface area contributed by atoms with Crippen LogP contribution in [0.5, 0.6) is 0 Å². The Morgan fingerprint density at radius 1 is 1.04 bits per heavy atom. The second-order valence-electron chi connectivity index (χ2n) is 6.95. The summed E-state index contributed by atoms with van der Waals surface area (Å²) in [6.45, 7) is 3.44. The summed E-state index contributed by atoms with van der Waals surface area (Å²) < 4.78 is 83.0. The lowest BCUT2D eigenvalue weighted by Crippen LogP contribution is -2.43. The van der Waals surface area contributed by atoms with Crippen LogP contribution in [0, 0.1) is 11.8 Å². The van der Waals surface area contributed by atoms with Gasteiger partial charge in [0.15, 0.2) is 0 Å². The standard InChI is InChI=1S/C18H19F6NO3/c1-9(2)14-13(16(27)28-3)4-5-25(14)15(26)10-6-11(17(19,20)21)8-12(7-10)18(22,23)24/h6-9,13-14H,4-5H2,1-3H3/t13-,14-/m0/s1. The highest BCUT2D eigenvalue weighted by Crippen LogP contribution is 2.38. The molecule has 1 heterocycles. The minimum absolute atomic E-state index is 0.0268. The lowest BCUT2D eigenvalue weighted by atomic mass is 9.91. The van der Waals surface area contributed by atoms with E-state index in [2.05, 4.69) is 0 Å². The molecule has 0 bridgehead atoms. The maximum Gasteiger partial charge on any atom is 0.416 e. The highest BCUT2D eigenvalue weighted by molar-refractivity contribution is 5.95. The van der Waals surface area contributed by atoms with Crippen molar-refractivity contribution in [2.45, 2.75) is 38.7 Å². The van der Waals surface area contributed by atoms with Crippen molar-refractivity contribution in [2.75, 3.05) is 13.7 Å². The predicted molar refractivity (Wildman–Crippen MR) is 86.2 cm³/mol. The first kappa shape index (κ1) is 22.0. The van der Waals surface area contributed by atoms with Crippen molar-refractivity contribution in [2.24, 2.45) is 11.8 Å². The van der Waals surface area contributed by atoms with Gasteiger partial charge < -0.3 is 9.64 Å². The molecule has 28 heavy (non-hydrogen) atoms. The van der Waals surface area contributed by atoms with Crippen LogP contribution in [-0.4, -0.2) is 36.5 Å². The number of hydrogen-bond donors (Lipinski definition) is 0. The molecule has 0 aromatic heterocycles. The number of hydrogen-bond acceptors (Lipinski definition) is 3. The number of amides is 1. The first-order valence-corrected chi connectivity index (χ1v) is 8.45. The van der Waals surface area contributed by atoms with Gasteiger partial charge in [0, 0.05) is 18.2 Å². The van der Waals surface area contributed by atoms with E-state index in [1.54, 1.807) is 13.8 Å². The number of carbonyl (C=O) groups excluding carboxylic acids is 2. The molecule has 10 heteroatoms. The zero-order valence-corrected chi connectivity index (χ0v) is 15.3. The molecule has 0 spiro atoms. The van der Waals surface area contributed by atoms with Crippen molar-refractivity contribution >= 4 is 11.9 Å². The molecule has 1 fully saturated rings. The minimum Gasteiger partial charge on any atom is -0.469 e. The van der Waals surface area contributed by atoms with E-state index in [1.807, 2.05) is 0 Å². The van der Waals surface area contributed by atoms with Crippen molar-refractivity contribution in [1.82, 2.24) is 4.90 Å². The van der Waals surface area contributed by atoms with E-state index in [9.17, 15) is 35.9 Å². The molecule has 0 radical (unpaired) electrons. The molecule has 1 aliphatic heterocycles. The van der Waals surface area contributed by atoms with E-state index >= 15 is 0 Å². The summed E-state index contributed by atoms with van der Waals surface area (Å²) in [5.41, 5.74) is -3.84. The predicted octanol–water partition coefficient (Wildman–Crippen LogP) is 4.38. The Morgan fingerprint density at radius 3 is 1.93 bits per heavy atom. The van der Waals surface area contributed by atoms with Gasteiger partial charge in [-0.1, -0.05) is 13.8 Å². The molecule has 1 aromatic carbocycles. The van der Waals surface area contributed by atoms with E-state index in [-0.39, 0.29) is 24.9 Å². The molecule has 1 aliphatic rings. The Balaban J connectivity index is 2.49. The third-order valence-electron chi connectivity index (χ3n) is 4.74. The minimum atomic E-state index is -5.05. The van der Waals surface area contributed by atoms with Crippen molar-refractivity contribution in [1.29, 1.82) is 0 Å². The molecule has 0 N–H and O–H groups in total. The van der Waals surface area contributed by atoms with Crippen LogP contribution in [0.3, 0.4) is 0 Å². The number of halogens is 6. The van der Waals surface area contributed by atoms with E-state index in [0.29, 0.717) is 12.1 Å². The summed E-state index contributed by atoms with van der Waals surface area (Å²) in [7, 11) is 1.17. The summed E-state index contributed by atoms with van der Waals surface area (Å²) in [4.78, 5) is 25.9. The molecular weight excluding hydrogens is 392 g/mol. The van der Waals surface area contributed by atoms with Gasteiger partial charge in [-0.15, -0.1) is 0 Å². The van der Waals surface area contributed by atoms with Crippen LogP contribution >= 0.6 is 0 Å². The van der Waals surface area contributed by atoms with E-state index in [4.69, 9.17) is 4.74 Å². The lowest BCUT2D eigenvalue weighted by Gasteiger charge is -2.30. The van der Waals surface area contributed by atoms with E-state index in [0.717, 1.165) is 4.90 Å². The fraction of sp³-hybridized carbons (Fsp3) is 0.556. The average molecular weight is 411 g/mol. The second-order valence-corrected chi connectivity index (χ2v) is 6.95. The number of benzene rings is 1.